The molecular formula is C14H19Br. The van der Waals surface area contributed by atoms with Gasteiger partial charge >= 0.3 is 0 Å². The molecule has 2 rings (SSSR count). The molecule has 0 nitrogen and oxygen atoms in total. The van der Waals surface area contributed by atoms with Gasteiger partial charge in [0.1, 0.15) is 0 Å². The Morgan fingerprint density at radius 1 is 1.20 bits per heavy atom. The smallest absolute Gasteiger partial charge is 0.0174 e. The van der Waals surface area contributed by atoms with Gasteiger partial charge in [-0.1, -0.05) is 52.7 Å². The molecule has 1 aromatic rings. The Labute approximate surface area is 101 Å². The van der Waals surface area contributed by atoms with Crippen molar-refractivity contribution in [3.63, 3.8) is 0 Å². The largest absolute Gasteiger partial charge is 0.0888 e. The van der Waals surface area contributed by atoms with E-state index in [4.69, 9.17) is 0 Å². The maximum absolute atomic E-state index is 3.77. The van der Waals surface area contributed by atoms with E-state index in [1.807, 2.05) is 0 Å². The predicted octanol–water partition coefficient (Wildman–Crippen LogP) is 4.35. The minimum atomic E-state index is 0.743. The third-order valence-electron chi connectivity index (χ3n) is 3.75. The van der Waals surface area contributed by atoms with Crippen LogP contribution in [-0.2, 0) is 6.42 Å². The van der Waals surface area contributed by atoms with Gasteiger partial charge in [-0.25, -0.2) is 0 Å². The first kappa shape index (κ1) is 11.2. The van der Waals surface area contributed by atoms with Gasteiger partial charge in [-0.15, -0.1) is 0 Å². The topological polar surface area (TPSA) is 0 Å². The fourth-order valence-corrected chi connectivity index (χ4v) is 3.21. The lowest BCUT2D eigenvalue weighted by molar-refractivity contribution is 0.423. The van der Waals surface area contributed by atoms with E-state index in [1.165, 1.54) is 30.4 Å². The highest BCUT2D eigenvalue weighted by Gasteiger charge is 2.30. The second-order valence-corrected chi connectivity index (χ2v) is 6.08. The van der Waals surface area contributed by atoms with Crippen LogP contribution in [-0.4, -0.2) is 4.83 Å². The standard InChI is InChI=1S/C14H19Br/c1-10-3-5-12(6-4-10)9-13-7-8-14(15)11(13)2/h3-6,11,13-14H,7-9H2,1-2H3. The zero-order valence-corrected chi connectivity index (χ0v) is 11.1. The Kier molecular flexibility index (Phi) is 3.50. The normalized spacial score (nSPS) is 30.7. The predicted molar refractivity (Wildman–Crippen MR) is 69.5 cm³/mol. The van der Waals surface area contributed by atoms with E-state index in [9.17, 15) is 0 Å². The fraction of sp³-hybridized carbons (Fsp3) is 0.571. The molecule has 0 heterocycles. The van der Waals surface area contributed by atoms with Crippen molar-refractivity contribution in [3.8, 4) is 0 Å². The minimum Gasteiger partial charge on any atom is -0.0888 e. The highest BCUT2D eigenvalue weighted by Crippen LogP contribution is 2.38. The molecular weight excluding hydrogens is 248 g/mol. The molecule has 1 fully saturated rings. The van der Waals surface area contributed by atoms with Crippen LogP contribution in [0.5, 0.6) is 0 Å². The van der Waals surface area contributed by atoms with E-state index in [1.54, 1.807) is 0 Å². The first-order valence-corrected chi connectivity index (χ1v) is 6.78. The second kappa shape index (κ2) is 4.69. The van der Waals surface area contributed by atoms with Gasteiger partial charge in [0, 0.05) is 4.83 Å². The lowest BCUT2D eigenvalue weighted by Crippen LogP contribution is -2.12. The number of rotatable bonds is 2. The highest BCUT2D eigenvalue weighted by molar-refractivity contribution is 9.09. The van der Waals surface area contributed by atoms with E-state index in [0.717, 1.165) is 16.7 Å². The van der Waals surface area contributed by atoms with Crippen LogP contribution in [0.1, 0.15) is 30.9 Å². The average Bonchev–Trinajstić information content (AvgIpc) is 2.53. The van der Waals surface area contributed by atoms with E-state index >= 15 is 0 Å². The van der Waals surface area contributed by atoms with Gasteiger partial charge in [0.15, 0.2) is 0 Å². The van der Waals surface area contributed by atoms with Crippen LogP contribution in [0.15, 0.2) is 24.3 Å². The summed E-state index contributed by atoms with van der Waals surface area (Å²) in [5.74, 6) is 1.70. The molecule has 1 aromatic carbocycles. The summed E-state index contributed by atoms with van der Waals surface area (Å²) < 4.78 is 0. The summed E-state index contributed by atoms with van der Waals surface area (Å²) in [4.78, 5) is 0.743. The van der Waals surface area contributed by atoms with E-state index in [2.05, 4.69) is 54.0 Å². The number of hydrogen-bond acceptors (Lipinski definition) is 0. The first-order valence-electron chi connectivity index (χ1n) is 5.86. The molecule has 0 radical (unpaired) electrons. The zero-order valence-electron chi connectivity index (χ0n) is 9.54. The summed E-state index contributed by atoms with van der Waals surface area (Å²) in [5, 5.41) is 0. The molecule has 0 N–H and O–H groups in total. The van der Waals surface area contributed by atoms with Gasteiger partial charge in [-0.05, 0) is 43.6 Å². The van der Waals surface area contributed by atoms with Crippen molar-refractivity contribution in [1.29, 1.82) is 0 Å². The van der Waals surface area contributed by atoms with Crippen LogP contribution >= 0.6 is 15.9 Å². The molecule has 0 saturated heterocycles. The van der Waals surface area contributed by atoms with E-state index in [0.29, 0.717) is 0 Å². The van der Waals surface area contributed by atoms with Gasteiger partial charge in [0.2, 0.25) is 0 Å². The number of alkyl halides is 1. The molecule has 1 aliphatic carbocycles. The molecule has 1 saturated carbocycles. The quantitative estimate of drug-likeness (QED) is 0.699. The molecule has 3 atom stereocenters. The van der Waals surface area contributed by atoms with Crippen molar-refractivity contribution in [3.05, 3.63) is 35.4 Å². The highest BCUT2D eigenvalue weighted by atomic mass is 79.9. The molecule has 15 heavy (non-hydrogen) atoms. The van der Waals surface area contributed by atoms with Crippen molar-refractivity contribution in [2.45, 2.75) is 37.9 Å². The zero-order chi connectivity index (χ0) is 10.8. The maximum Gasteiger partial charge on any atom is 0.0174 e. The Hall–Kier alpha value is -0.300. The molecule has 1 heteroatoms. The monoisotopic (exact) mass is 266 g/mol. The third-order valence-corrected chi connectivity index (χ3v) is 5.04. The molecule has 1 aliphatic rings. The van der Waals surface area contributed by atoms with Crippen molar-refractivity contribution in [1.82, 2.24) is 0 Å². The summed E-state index contributed by atoms with van der Waals surface area (Å²) in [6.07, 6.45) is 3.98. The summed E-state index contributed by atoms with van der Waals surface area (Å²) in [6, 6.07) is 9.01. The number of benzene rings is 1. The molecule has 0 aromatic heterocycles. The molecule has 0 bridgehead atoms. The second-order valence-electron chi connectivity index (χ2n) is 4.90. The lowest BCUT2D eigenvalue weighted by Gasteiger charge is -2.17. The molecule has 0 spiro atoms. The van der Waals surface area contributed by atoms with E-state index in [-0.39, 0.29) is 0 Å². The number of aryl methyl sites for hydroxylation is 1. The Balaban J connectivity index is 2.00. The van der Waals surface area contributed by atoms with Crippen LogP contribution in [0.3, 0.4) is 0 Å². The summed E-state index contributed by atoms with van der Waals surface area (Å²) in [6.45, 7) is 4.53. The summed E-state index contributed by atoms with van der Waals surface area (Å²) >= 11 is 3.77. The van der Waals surface area contributed by atoms with Gasteiger partial charge in [0.05, 0.1) is 0 Å². The average molecular weight is 267 g/mol. The lowest BCUT2D eigenvalue weighted by atomic mass is 9.91. The molecule has 0 aliphatic heterocycles. The molecule has 3 unspecified atom stereocenters. The Morgan fingerprint density at radius 3 is 2.40 bits per heavy atom. The molecule has 0 amide bonds. The van der Waals surface area contributed by atoms with Gasteiger partial charge in [0.25, 0.3) is 0 Å². The van der Waals surface area contributed by atoms with Crippen LogP contribution in [0.25, 0.3) is 0 Å². The van der Waals surface area contributed by atoms with E-state index < -0.39 is 0 Å². The summed E-state index contributed by atoms with van der Waals surface area (Å²) in [5.41, 5.74) is 2.86. The number of hydrogen-bond donors (Lipinski definition) is 0. The maximum atomic E-state index is 3.77. The Morgan fingerprint density at radius 2 is 1.87 bits per heavy atom. The van der Waals surface area contributed by atoms with Gasteiger partial charge < -0.3 is 0 Å². The van der Waals surface area contributed by atoms with Gasteiger partial charge in [-0.2, -0.15) is 0 Å². The molecule has 82 valence electrons. The summed E-state index contributed by atoms with van der Waals surface area (Å²) in [7, 11) is 0. The van der Waals surface area contributed by atoms with Crippen LogP contribution in [0, 0.1) is 18.8 Å². The van der Waals surface area contributed by atoms with Crippen LogP contribution < -0.4 is 0 Å². The van der Waals surface area contributed by atoms with Crippen molar-refractivity contribution in [2.24, 2.45) is 11.8 Å². The van der Waals surface area contributed by atoms with Crippen LogP contribution in [0.4, 0.5) is 0 Å². The van der Waals surface area contributed by atoms with Crippen molar-refractivity contribution >= 4 is 15.9 Å². The van der Waals surface area contributed by atoms with Crippen LogP contribution in [0.2, 0.25) is 0 Å². The van der Waals surface area contributed by atoms with Gasteiger partial charge in [-0.3, -0.25) is 0 Å². The fourth-order valence-electron chi connectivity index (χ4n) is 2.51. The third kappa shape index (κ3) is 2.63. The minimum absolute atomic E-state index is 0.743. The van der Waals surface area contributed by atoms with Crippen molar-refractivity contribution < 1.29 is 0 Å². The SMILES string of the molecule is Cc1ccc(CC2CCC(Br)C2C)cc1. The Bertz CT molecular complexity index is 315. The first-order chi connectivity index (χ1) is 7.16. The number of halogens is 1. The van der Waals surface area contributed by atoms with Crippen molar-refractivity contribution in [2.75, 3.05) is 0 Å².